The average molecular weight is 157 g/mol. The highest BCUT2D eigenvalue weighted by Gasteiger charge is 1.97. The number of rotatable bonds is 1. The standard InChI is InChI=1S/C10H7NO/c12-7-9-6-11-5-8-3-1-2-4-10(8)9/h1-7H. The molecule has 2 aromatic rings. The molecular weight excluding hydrogens is 150 g/mol. The maximum absolute atomic E-state index is 10.6. The van der Waals surface area contributed by atoms with Gasteiger partial charge >= 0.3 is 0 Å². The van der Waals surface area contributed by atoms with Crippen molar-refractivity contribution in [2.75, 3.05) is 0 Å². The highest BCUT2D eigenvalue weighted by Crippen LogP contribution is 2.14. The van der Waals surface area contributed by atoms with Crippen molar-refractivity contribution in [3.63, 3.8) is 0 Å². The Hall–Kier alpha value is -1.70. The lowest BCUT2D eigenvalue weighted by Crippen LogP contribution is -1.84. The Kier molecular flexibility index (Phi) is 1.59. The van der Waals surface area contributed by atoms with Gasteiger partial charge in [-0.1, -0.05) is 24.3 Å². The number of fused-ring (bicyclic) bond motifs is 1. The van der Waals surface area contributed by atoms with Crippen molar-refractivity contribution in [2.45, 2.75) is 0 Å². The highest BCUT2D eigenvalue weighted by atomic mass is 16.1. The average Bonchev–Trinajstić information content (AvgIpc) is 2.17. The van der Waals surface area contributed by atoms with Crippen LogP contribution >= 0.6 is 0 Å². The van der Waals surface area contributed by atoms with Crippen LogP contribution in [0.1, 0.15) is 10.4 Å². The van der Waals surface area contributed by atoms with E-state index >= 15 is 0 Å². The lowest BCUT2D eigenvalue weighted by Gasteiger charge is -1.97. The highest BCUT2D eigenvalue weighted by molar-refractivity contribution is 5.97. The Labute approximate surface area is 69.9 Å². The summed E-state index contributed by atoms with van der Waals surface area (Å²) >= 11 is 0. The molecule has 1 heterocycles. The number of hydrogen-bond donors (Lipinski definition) is 0. The molecule has 0 amide bonds. The lowest BCUT2D eigenvalue weighted by molar-refractivity contribution is 0.112. The van der Waals surface area contributed by atoms with Gasteiger partial charge in [-0.3, -0.25) is 9.78 Å². The summed E-state index contributed by atoms with van der Waals surface area (Å²) in [4.78, 5) is 14.5. The third-order valence-electron chi connectivity index (χ3n) is 1.83. The van der Waals surface area contributed by atoms with Gasteiger partial charge in [0.05, 0.1) is 0 Å². The quantitative estimate of drug-likeness (QED) is 0.593. The van der Waals surface area contributed by atoms with Crippen molar-refractivity contribution in [3.8, 4) is 0 Å². The molecule has 0 fully saturated rings. The van der Waals surface area contributed by atoms with Crippen LogP contribution in [0, 0.1) is 0 Å². The van der Waals surface area contributed by atoms with Crippen LogP contribution in [0.15, 0.2) is 36.7 Å². The summed E-state index contributed by atoms with van der Waals surface area (Å²) in [5.41, 5.74) is 0.646. The Morgan fingerprint density at radius 1 is 1.17 bits per heavy atom. The molecular formula is C10H7NO. The second kappa shape index (κ2) is 2.74. The normalized spacial score (nSPS) is 10.0. The number of pyridine rings is 1. The summed E-state index contributed by atoms with van der Waals surface area (Å²) in [6.07, 6.45) is 4.16. The summed E-state index contributed by atoms with van der Waals surface area (Å²) in [6.45, 7) is 0. The summed E-state index contributed by atoms with van der Waals surface area (Å²) in [6, 6.07) is 7.70. The third-order valence-corrected chi connectivity index (χ3v) is 1.83. The monoisotopic (exact) mass is 157 g/mol. The smallest absolute Gasteiger partial charge is 0.152 e. The molecule has 0 aliphatic heterocycles. The van der Waals surface area contributed by atoms with Gasteiger partial charge in [-0.05, 0) is 5.39 Å². The van der Waals surface area contributed by atoms with Crippen LogP contribution in [0.2, 0.25) is 0 Å². The van der Waals surface area contributed by atoms with Crippen LogP contribution in [-0.4, -0.2) is 11.3 Å². The van der Waals surface area contributed by atoms with Gasteiger partial charge in [0.2, 0.25) is 0 Å². The SMILES string of the molecule is O=Cc1cncc2ccccc12. The Bertz CT molecular complexity index is 418. The number of aromatic nitrogens is 1. The minimum atomic E-state index is 0.646. The summed E-state index contributed by atoms with van der Waals surface area (Å²) in [7, 11) is 0. The van der Waals surface area contributed by atoms with E-state index in [1.165, 1.54) is 0 Å². The molecule has 0 saturated heterocycles. The molecule has 0 spiro atoms. The van der Waals surface area contributed by atoms with Crippen LogP contribution in [0.3, 0.4) is 0 Å². The molecule has 0 unspecified atom stereocenters. The fraction of sp³-hybridized carbons (Fsp3) is 0. The zero-order valence-corrected chi connectivity index (χ0v) is 6.40. The van der Waals surface area contributed by atoms with Crippen LogP contribution < -0.4 is 0 Å². The van der Waals surface area contributed by atoms with Gasteiger partial charge in [0.1, 0.15) is 0 Å². The minimum Gasteiger partial charge on any atom is -0.298 e. The van der Waals surface area contributed by atoms with Crippen molar-refractivity contribution in [2.24, 2.45) is 0 Å². The van der Waals surface area contributed by atoms with E-state index in [2.05, 4.69) is 4.98 Å². The molecule has 0 aliphatic rings. The molecule has 0 saturated carbocycles. The van der Waals surface area contributed by atoms with Crippen LogP contribution in [0.5, 0.6) is 0 Å². The first-order chi connectivity index (χ1) is 5.92. The molecule has 0 radical (unpaired) electrons. The van der Waals surface area contributed by atoms with Crippen molar-refractivity contribution in [1.82, 2.24) is 4.98 Å². The molecule has 58 valence electrons. The molecule has 1 aromatic carbocycles. The maximum atomic E-state index is 10.6. The molecule has 0 aliphatic carbocycles. The van der Waals surface area contributed by atoms with E-state index in [-0.39, 0.29) is 0 Å². The molecule has 0 atom stereocenters. The lowest BCUT2D eigenvalue weighted by atomic mass is 10.1. The minimum absolute atomic E-state index is 0.646. The van der Waals surface area contributed by atoms with Gasteiger partial charge in [0, 0.05) is 23.3 Å². The molecule has 1 aromatic heterocycles. The van der Waals surface area contributed by atoms with Crippen molar-refractivity contribution >= 4 is 17.1 Å². The number of aldehydes is 1. The Morgan fingerprint density at radius 2 is 2.00 bits per heavy atom. The molecule has 2 rings (SSSR count). The second-order valence-corrected chi connectivity index (χ2v) is 2.57. The zero-order valence-electron chi connectivity index (χ0n) is 6.40. The fourth-order valence-electron chi connectivity index (χ4n) is 1.23. The van der Waals surface area contributed by atoms with E-state index in [0.717, 1.165) is 17.1 Å². The summed E-state index contributed by atoms with van der Waals surface area (Å²) in [5, 5.41) is 1.96. The second-order valence-electron chi connectivity index (χ2n) is 2.57. The zero-order chi connectivity index (χ0) is 8.39. The van der Waals surface area contributed by atoms with Crippen molar-refractivity contribution in [1.29, 1.82) is 0 Å². The Balaban J connectivity index is 2.88. The first-order valence-electron chi connectivity index (χ1n) is 3.70. The molecule has 0 bridgehead atoms. The van der Waals surface area contributed by atoms with Crippen LogP contribution in [-0.2, 0) is 0 Å². The van der Waals surface area contributed by atoms with Gasteiger partial charge in [-0.2, -0.15) is 0 Å². The first-order valence-corrected chi connectivity index (χ1v) is 3.70. The molecule has 0 N–H and O–H groups in total. The Morgan fingerprint density at radius 3 is 2.83 bits per heavy atom. The first kappa shape index (κ1) is 6.98. The molecule has 12 heavy (non-hydrogen) atoms. The van der Waals surface area contributed by atoms with Gasteiger partial charge in [-0.15, -0.1) is 0 Å². The van der Waals surface area contributed by atoms with Crippen LogP contribution in [0.25, 0.3) is 10.8 Å². The number of nitrogens with zero attached hydrogens (tertiary/aromatic N) is 1. The number of carbonyl (C=O) groups excluding carboxylic acids is 1. The molecule has 2 nitrogen and oxygen atoms in total. The van der Waals surface area contributed by atoms with Gasteiger partial charge in [0.15, 0.2) is 6.29 Å². The van der Waals surface area contributed by atoms with E-state index in [0.29, 0.717) is 5.56 Å². The van der Waals surface area contributed by atoms with Crippen LogP contribution in [0.4, 0.5) is 0 Å². The van der Waals surface area contributed by atoms with E-state index in [9.17, 15) is 4.79 Å². The number of hydrogen-bond acceptors (Lipinski definition) is 2. The third kappa shape index (κ3) is 0.975. The summed E-state index contributed by atoms with van der Waals surface area (Å²) in [5.74, 6) is 0. The maximum Gasteiger partial charge on any atom is 0.152 e. The molecule has 2 heteroatoms. The van der Waals surface area contributed by atoms with E-state index in [1.807, 2.05) is 24.3 Å². The van der Waals surface area contributed by atoms with E-state index in [4.69, 9.17) is 0 Å². The fourth-order valence-corrected chi connectivity index (χ4v) is 1.23. The van der Waals surface area contributed by atoms with Crippen molar-refractivity contribution in [3.05, 3.63) is 42.2 Å². The van der Waals surface area contributed by atoms with Crippen molar-refractivity contribution < 1.29 is 4.79 Å². The predicted octanol–water partition coefficient (Wildman–Crippen LogP) is 2.05. The van der Waals surface area contributed by atoms with Gasteiger partial charge < -0.3 is 0 Å². The number of benzene rings is 1. The predicted molar refractivity (Wildman–Crippen MR) is 47.1 cm³/mol. The number of carbonyl (C=O) groups is 1. The van der Waals surface area contributed by atoms with Gasteiger partial charge in [-0.25, -0.2) is 0 Å². The topological polar surface area (TPSA) is 30.0 Å². The largest absolute Gasteiger partial charge is 0.298 e. The van der Waals surface area contributed by atoms with E-state index < -0.39 is 0 Å². The van der Waals surface area contributed by atoms with Gasteiger partial charge in [0.25, 0.3) is 0 Å². The summed E-state index contributed by atoms with van der Waals surface area (Å²) < 4.78 is 0. The van der Waals surface area contributed by atoms with E-state index in [1.54, 1.807) is 12.4 Å².